The van der Waals surface area contributed by atoms with Gasteiger partial charge < -0.3 is 0 Å². The minimum absolute atomic E-state index is 0. The highest BCUT2D eigenvalue weighted by Gasteiger charge is -0.0774. The van der Waals surface area contributed by atoms with Gasteiger partial charge in [-0.2, -0.15) is 0 Å². The molecule has 0 aliphatic rings. The zero-order chi connectivity index (χ0) is 0. The van der Waals surface area contributed by atoms with Gasteiger partial charge in [0.15, 0.2) is 0 Å². The van der Waals surface area contributed by atoms with Crippen LogP contribution in [0.4, 0.5) is 0 Å². The molecule has 0 aromatic carbocycles. The van der Waals surface area contributed by atoms with Crippen LogP contribution in [0.15, 0.2) is 0 Å². The van der Waals surface area contributed by atoms with E-state index >= 15 is 0 Å². The molecule has 0 bridgehead atoms. The summed E-state index contributed by atoms with van der Waals surface area (Å²) in [4.78, 5) is 0. The molecule has 0 spiro atoms. The first-order valence-electron chi connectivity index (χ1n) is 0. The molecule has 0 fully saturated rings. The summed E-state index contributed by atoms with van der Waals surface area (Å²) < 4.78 is 0. The predicted octanol–water partition coefficient (Wildman–Crippen LogP) is 4.43. The third kappa shape index (κ3) is 144. The van der Waals surface area contributed by atoms with Crippen LogP contribution in [0.1, 0.15) is 7.43 Å². The van der Waals surface area contributed by atoms with Crippen LogP contribution < -0.4 is 0 Å². The Kier molecular flexibility index (Phi) is 4790. The molecule has 0 radical (unpaired) electrons. The van der Waals surface area contributed by atoms with Crippen molar-refractivity contribution in [3.05, 3.63) is 0 Å². The fourth-order valence-electron chi connectivity index (χ4n) is 0. The summed E-state index contributed by atoms with van der Waals surface area (Å²) in [7, 11) is 0. The van der Waals surface area contributed by atoms with Crippen molar-refractivity contribution in [1.82, 2.24) is 0 Å². The van der Waals surface area contributed by atoms with Crippen LogP contribution >= 0.6 is 112 Å². The van der Waals surface area contributed by atoms with E-state index < -0.39 is 0 Å². The van der Waals surface area contributed by atoms with Gasteiger partial charge in [-0.3, -0.25) is 0 Å². The van der Waals surface area contributed by atoms with Crippen LogP contribution in [-0.4, -0.2) is 0 Å². The Morgan fingerprint density at radius 3 is 0.200 bits per heavy atom. The molecule has 0 amide bonds. The van der Waals surface area contributed by atoms with E-state index in [1.165, 1.54) is 0 Å². The van der Waals surface area contributed by atoms with E-state index in [1.807, 2.05) is 0 Å². The second-order valence-corrected chi connectivity index (χ2v) is 0. The van der Waals surface area contributed by atoms with Crippen LogP contribution in [0.3, 0.4) is 0 Å². The predicted molar refractivity (Wildman–Crippen MR) is 72.0 cm³/mol. The van der Waals surface area contributed by atoms with Crippen molar-refractivity contribution in [3.63, 3.8) is 0 Å². The molecule has 0 nitrogen and oxygen atoms in total. The average Bonchev–Trinajstić information content (AvgIpc) is 0. The lowest BCUT2D eigenvalue weighted by Gasteiger charge is -0.148. The first kappa shape index (κ1) is 250. The standard InChI is InChI=1S/CH4.9ClH/h1H4;9*1H. The van der Waals surface area contributed by atoms with Crippen LogP contribution in [0.25, 0.3) is 0 Å². The van der Waals surface area contributed by atoms with Gasteiger partial charge in [0.05, 0.1) is 0 Å². The molecule has 0 unspecified atom stereocenters. The highest BCUT2D eigenvalue weighted by atomic mass is 35.5. The molecule has 9 heteroatoms. The van der Waals surface area contributed by atoms with E-state index in [1.54, 1.807) is 0 Å². The Balaban J connectivity index is 0. The molecular weight excluding hydrogens is 331 g/mol. The Morgan fingerprint density at radius 2 is 0.200 bits per heavy atom. The van der Waals surface area contributed by atoms with Gasteiger partial charge in [0.25, 0.3) is 0 Å². The molecule has 0 N–H and O–H groups in total. The first-order chi connectivity index (χ1) is 0. The zero-order valence-corrected chi connectivity index (χ0v) is 11.0. The van der Waals surface area contributed by atoms with Gasteiger partial charge >= 0.3 is 0 Å². The van der Waals surface area contributed by atoms with Gasteiger partial charge in [0.1, 0.15) is 0 Å². The highest BCUT2D eigenvalue weighted by Crippen LogP contribution is 0.698. The number of rotatable bonds is 0. The second kappa shape index (κ2) is 192. The van der Waals surface area contributed by atoms with Crippen molar-refractivity contribution in [2.24, 2.45) is 0 Å². The maximum Gasteiger partial charge on any atom is -0.0776 e. The largest absolute Gasteiger partial charge is 0.147 e. The van der Waals surface area contributed by atoms with E-state index in [0.29, 0.717) is 0 Å². The van der Waals surface area contributed by atoms with Crippen LogP contribution in [0, 0.1) is 0 Å². The molecule has 80 valence electrons. The number of hydrogen-bond donors (Lipinski definition) is 0. The van der Waals surface area contributed by atoms with E-state index in [2.05, 4.69) is 0 Å². The summed E-state index contributed by atoms with van der Waals surface area (Å²) in [6.45, 7) is 0. The summed E-state index contributed by atoms with van der Waals surface area (Å²) in [5.74, 6) is 0. The summed E-state index contributed by atoms with van der Waals surface area (Å²) in [5, 5.41) is 0. The average molecular weight is 344 g/mol. The Bertz CT molecular complexity index is 4.69. The van der Waals surface area contributed by atoms with Gasteiger partial charge in [-0.05, 0) is 0 Å². The van der Waals surface area contributed by atoms with Gasteiger partial charge in [0.2, 0.25) is 0 Å². The van der Waals surface area contributed by atoms with Crippen molar-refractivity contribution >= 4 is 112 Å². The Labute approximate surface area is 118 Å². The van der Waals surface area contributed by atoms with Crippen molar-refractivity contribution in [1.29, 1.82) is 0 Å². The summed E-state index contributed by atoms with van der Waals surface area (Å²) in [5.41, 5.74) is 0. The molecule has 10 heavy (non-hydrogen) atoms. The van der Waals surface area contributed by atoms with Gasteiger partial charge in [-0.1, -0.05) is 7.43 Å². The topological polar surface area (TPSA) is 0 Å². The van der Waals surface area contributed by atoms with Crippen molar-refractivity contribution in [3.8, 4) is 0 Å². The minimum Gasteiger partial charge on any atom is -0.147 e. The minimum atomic E-state index is 0. The van der Waals surface area contributed by atoms with Crippen molar-refractivity contribution < 1.29 is 0 Å². The molecule has 0 atom stereocenters. The smallest absolute Gasteiger partial charge is 0.0776 e. The van der Waals surface area contributed by atoms with E-state index in [0.717, 1.165) is 0 Å². The summed E-state index contributed by atoms with van der Waals surface area (Å²) in [6.07, 6.45) is 0. The fraction of sp³-hybridized carbons (Fsp3) is 1.00. The zero-order valence-electron chi connectivity index (χ0n) is 3.67. The lowest BCUT2D eigenvalue weighted by Crippen LogP contribution is 0.144. The maximum atomic E-state index is 0. The fourth-order valence-corrected chi connectivity index (χ4v) is 0. The van der Waals surface area contributed by atoms with Gasteiger partial charge in [0, 0.05) is 0 Å². The third-order valence-electron chi connectivity index (χ3n) is 0. The molecule has 0 aromatic rings. The molecule has 0 saturated heterocycles. The van der Waals surface area contributed by atoms with Gasteiger partial charge in [-0.15, -0.1) is 112 Å². The van der Waals surface area contributed by atoms with Gasteiger partial charge in [-0.25, -0.2) is 0 Å². The summed E-state index contributed by atoms with van der Waals surface area (Å²) in [6, 6.07) is 0. The Morgan fingerprint density at radius 1 is 0.200 bits per heavy atom. The van der Waals surface area contributed by atoms with E-state index in [-0.39, 0.29) is 119 Å². The number of halogens is 9. The molecule has 0 saturated carbocycles. The van der Waals surface area contributed by atoms with Crippen LogP contribution in [0.5, 0.6) is 0 Å². The van der Waals surface area contributed by atoms with E-state index in [4.69, 9.17) is 0 Å². The van der Waals surface area contributed by atoms with Crippen molar-refractivity contribution in [2.75, 3.05) is 0 Å². The molecule has 0 aromatic heterocycles. The maximum absolute atomic E-state index is 0. The molecule has 0 aliphatic carbocycles. The summed E-state index contributed by atoms with van der Waals surface area (Å²) >= 11 is 0. The Hall–Kier alpha value is 2.61. The normalized spacial score (nSPS) is 0. The third-order valence-corrected chi connectivity index (χ3v) is 0. The number of hydrogen-bond acceptors (Lipinski definition) is 0. The van der Waals surface area contributed by atoms with Crippen LogP contribution in [-0.2, 0) is 0 Å². The monoisotopic (exact) mass is 340 g/mol. The van der Waals surface area contributed by atoms with E-state index in [9.17, 15) is 0 Å². The quantitative estimate of drug-likeness (QED) is 0.610. The molecule has 0 heterocycles. The molecule has 0 rings (SSSR count). The van der Waals surface area contributed by atoms with Crippen LogP contribution in [0.2, 0.25) is 0 Å². The van der Waals surface area contributed by atoms with Crippen molar-refractivity contribution in [2.45, 2.75) is 7.43 Å². The molecule has 0 aliphatic heterocycles. The second-order valence-electron chi connectivity index (χ2n) is 0. The molecular formula is CH13Cl9. The lowest BCUT2D eigenvalue weighted by atomic mass is 12.0. The first-order valence-corrected chi connectivity index (χ1v) is 0. The highest BCUT2D eigenvalue weighted by molar-refractivity contribution is 5.86. The SMILES string of the molecule is C.Cl.Cl.Cl.Cl.Cl.Cl.Cl.Cl.Cl. The lowest BCUT2D eigenvalue weighted by molar-refractivity contribution is 2.50.